The van der Waals surface area contributed by atoms with Crippen LogP contribution in [0.4, 0.5) is 0 Å². The van der Waals surface area contributed by atoms with Crippen molar-refractivity contribution in [2.45, 2.75) is 31.0 Å². The number of amides is 1. The van der Waals surface area contributed by atoms with Gasteiger partial charge in [0.2, 0.25) is 11.1 Å². The predicted octanol–water partition coefficient (Wildman–Crippen LogP) is 2.97. The lowest BCUT2D eigenvalue weighted by atomic mass is 10.2. The molecule has 0 radical (unpaired) electrons. The Labute approximate surface area is 154 Å². The lowest BCUT2D eigenvalue weighted by molar-refractivity contribution is -0.119. The first-order valence-corrected chi connectivity index (χ1v) is 9.28. The predicted molar refractivity (Wildman–Crippen MR) is 96.7 cm³/mol. The molecule has 128 valence electrons. The molecule has 1 aromatic carbocycles. The molecular weight excluding hydrogens is 369 g/mol. The zero-order chi connectivity index (χ0) is 17.3. The molecule has 9 heteroatoms. The van der Waals surface area contributed by atoms with Crippen molar-refractivity contribution in [3.05, 3.63) is 28.2 Å². The summed E-state index contributed by atoms with van der Waals surface area (Å²) >= 11 is 13.4. The summed E-state index contributed by atoms with van der Waals surface area (Å²) in [5.74, 6) is 7.25. The van der Waals surface area contributed by atoms with Crippen LogP contribution in [0.15, 0.2) is 23.4 Å². The fourth-order valence-electron chi connectivity index (χ4n) is 2.37. The van der Waals surface area contributed by atoms with Crippen LogP contribution >= 0.6 is 35.0 Å². The van der Waals surface area contributed by atoms with E-state index in [1.165, 1.54) is 29.3 Å². The summed E-state index contributed by atoms with van der Waals surface area (Å²) in [7, 11) is 0. The van der Waals surface area contributed by atoms with Crippen molar-refractivity contribution >= 4 is 40.9 Å². The standard InChI is InChI=1S/C15H17Cl2N5OS/c1-8(9-2-3-9)19-13(23)7-24-15-21-20-14(22(15)18)11-6-10(16)4-5-12(11)17/h4-6,8-9H,2-3,7,18H2,1H3,(H,19,23)/t8-/m1/s1. The summed E-state index contributed by atoms with van der Waals surface area (Å²) < 4.78 is 1.32. The number of rotatable bonds is 6. The molecule has 0 aliphatic heterocycles. The highest BCUT2D eigenvalue weighted by Crippen LogP contribution is 2.32. The van der Waals surface area contributed by atoms with Crippen molar-refractivity contribution in [2.75, 3.05) is 11.6 Å². The molecular formula is C15H17Cl2N5OS. The molecule has 1 aromatic heterocycles. The largest absolute Gasteiger partial charge is 0.353 e. The summed E-state index contributed by atoms with van der Waals surface area (Å²) in [5.41, 5.74) is 0.595. The van der Waals surface area contributed by atoms with Crippen molar-refractivity contribution in [1.82, 2.24) is 20.2 Å². The molecule has 1 atom stereocenters. The van der Waals surface area contributed by atoms with E-state index in [0.29, 0.717) is 32.5 Å². The molecule has 1 fully saturated rings. The van der Waals surface area contributed by atoms with Crippen LogP contribution in [0, 0.1) is 5.92 Å². The summed E-state index contributed by atoms with van der Waals surface area (Å²) in [4.78, 5) is 12.0. The van der Waals surface area contributed by atoms with Crippen LogP contribution in [-0.4, -0.2) is 32.6 Å². The van der Waals surface area contributed by atoms with E-state index in [2.05, 4.69) is 15.5 Å². The van der Waals surface area contributed by atoms with E-state index >= 15 is 0 Å². The smallest absolute Gasteiger partial charge is 0.230 e. The fraction of sp³-hybridized carbons (Fsp3) is 0.400. The Balaban J connectivity index is 1.66. The van der Waals surface area contributed by atoms with Gasteiger partial charge in [-0.3, -0.25) is 4.79 Å². The number of benzene rings is 1. The molecule has 1 saturated carbocycles. The number of nitrogens with one attached hydrogen (secondary N) is 1. The van der Waals surface area contributed by atoms with Crippen molar-refractivity contribution in [3.8, 4) is 11.4 Å². The number of hydrogen-bond acceptors (Lipinski definition) is 5. The van der Waals surface area contributed by atoms with Crippen molar-refractivity contribution in [3.63, 3.8) is 0 Å². The number of nitrogen functional groups attached to an aromatic ring is 1. The molecule has 1 aliphatic rings. The minimum atomic E-state index is -0.0373. The average molecular weight is 386 g/mol. The number of hydrogen-bond donors (Lipinski definition) is 2. The monoisotopic (exact) mass is 385 g/mol. The van der Waals surface area contributed by atoms with E-state index in [9.17, 15) is 4.79 Å². The van der Waals surface area contributed by atoms with Gasteiger partial charge in [0.1, 0.15) is 0 Å². The van der Waals surface area contributed by atoms with Gasteiger partial charge in [-0.1, -0.05) is 35.0 Å². The summed E-state index contributed by atoms with van der Waals surface area (Å²) in [6.07, 6.45) is 2.38. The minimum absolute atomic E-state index is 0.0373. The van der Waals surface area contributed by atoms with Crippen LogP contribution in [0.5, 0.6) is 0 Å². The number of aromatic nitrogens is 3. The third-order valence-corrected chi connectivity index (χ3v) is 5.39. The van der Waals surface area contributed by atoms with Gasteiger partial charge >= 0.3 is 0 Å². The van der Waals surface area contributed by atoms with Gasteiger partial charge < -0.3 is 11.2 Å². The third-order valence-electron chi connectivity index (χ3n) is 3.88. The van der Waals surface area contributed by atoms with Crippen LogP contribution < -0.4 is 11.2 Å². The average Bonchev–Trinajstić information content (AvgIpc) is 3.33. The molecule has 3 rings (SSSR count). The first kappa shape index (κ1) is 17.4. The Morgan fingerprint density at radius 1 is 1.46 bits per heavy atom. The van der Waals surface area contributed by atoms with Gasteiger partial charge in [-0.25, -0.2) is 4.68 Å². The first-order valence-electron chi connectivity index (χ1n) is 7.53. The minimum Gasteiger partial charge on any atom is -0.353 e. The highest BCUT2D eigenvalue weighted by Gasteiger charge is 2.28. The Hall–Kier alpha value is -1.44. The second kappa shape index (κ2) is 7.21. The first-order chi connectivity index (χ1) is 11.5. The van der Waals surface area contributed by atoms with Gasteiger partial charge in [-0.2, -0.15) is 0 Å². The van der Waals surface area contributed by atoms with Gasteiger partial charge in [0.25, 0.3) is 0 Å². The number of halogens is 2. The third kappa shape index (κ3) is 3.96. The van der Waals surface area contributed by atoms with E-state index in [0.717, 1.165) is 0 Å². The Morgan fingerprint density at radius 2 is 2.21 bits per heavy atom. The highest BCUT2D eigenvalue weighted by atomic mass is 35.5. The van der Waals surface area contributed by atoms with E-state index in [1.54, 1.807) is 18.2 Å². The maximum absolute atomic E-state index is 12.0. The number of nitrogens with zero attached hydrogens (tertiary/aromatic N) is 3. The molecule has 0 unspecified atom stereocenters. The van der Waals surface area contributed by atoms with Gasteiger partial charge in [0.05, 0.1) is 10.8 Å². The lowest BCUT2D eigenvalue weighted by Crippen LogP contribution is -2.35. The molecule has 0 bridgehead atoms. The van der Waals surface area contributed by atoms with E-state index < -0.39 is 0 Å². The van der Waals surface area contributed by atoms with Crippen molar-refractivity contribution in [1.29, 1.82) is 0 Å². The number of thioether (sulfide) groups is 1. The van der Waals surface area contributed by atoms with E-state index in [4.69, 9.17) is 29.0 Å². The van der Waals surface area contributed by atoms with Gasteiger partial charge in [-0.05, 0) is 43.9 Å². The molecule has 0 saturated heterocycles. The quantitative estimate of drug-likeness (QED) is 0.589. The second-order valence-electron chi connectivity index (χ2n) is 5.78. The molecule has 24 heavy (non-hydrogen) atoms. The Morgan fingerprint density at radius 3 is 2.92 bits per heavy atom. The molecule has 1 amide bonds. The topological polar surface area (TPSA) is 85.8 Å². The van der Waals surface area contributed by atoms with E-state index in [1.807, 2.05) is 6.92 Å². The summed E-state index contributed by atoms with van der Waals surface area (Å²) in [6, 6.07) is 5.25. The lowest BCUT2D eigenvalue weighted by Gasteiger charge is -2.12. The SMILES string of the molecule is C[C@@H](NC(=O)CSc1nnc(-c2cc(Cl)ccc2Cl)n1N)C1CC1. The van der Waals surface area contributed by atoms with Gasteiger partial charge in [0.15, 0.2) is 5.82 Å². The van der Waals surface area contributed by atoms with Crippen LogP contribution in [0.25, 0.3) is 11.4 Å². The van der Waals surface area contributed by atoms with Crippen molar-refractivity contribution in [2.24, 2.45) is 5.92 Å². The maximum atomic E-state index is 12.0. The van der Waals surface area contributed by atoms with Crippen LogP contribution in [0.2, 0.25) is 10.0 Å². The maximum Gasteiger partial charge on any atom is 0.230 e. The number of nitrogens with two attached hydrogens (primary N) is 1. The van der Waals surface area contributed by atoms with Crippen LogP contribution in [-0.2, 0) is 4.79 Å². The highest BCUT2D eigenvalue weighted by molar-refractivity contribution is 7.99. The zero-order valence-electron chi connectivity index (χ0n) is 13.0. The zero-order valence-corrected chi connectivity index (χ0v) is 15.3. The van der Waals surface area contributed by atoms with Crippen LogP contribution in [0.1, 0.15) is 19.8 Å². The Bertz CT molecular complexity index is 762. The molecule has 1 heterocycles. The summed E-state index contributed by atoms with van der Waals surface area (Å²) in [5, 5.41) is 12.5. The van der Waals surface area contributed by atoms with Gasteiger partial charge in [0, 0.05) is 16.6 Å². The second-order valence-corrected chi connectivity index (χ2v) is 7.57. The Kier molecular flexibility index (Phi) is 5.22. The summed E-state index contributed by atoms with van der Waals surface area (Å²) in [6.45, 7) is 2.03. The molecule has 0 spiro atoms. The van der Waals surface area contributed by atoms with Crippen LogP contribution in [0.3, 0.4) is 0 Å². The molecule has 6 nitrogen and oxygen atoms in total. The molecule has 3 N–H and O–H groups in total. The number of carbonyl (C=O) groups is 1. The van der Waals surface area contributed by atoms with Gasteiger partial charge in [-0.15, -0.1) is 10.2 Å². The normalized spacial score (nSPS) is 15.3. The van der Waals surface area contributed by atoms with Crippen molar-refractivity contribution < 1.29 is 4.79 Å². The molecule has 1 aliphatic carbocycles. The number of carbonyl (C=O) groups excluding carboxylic acids is 1. The fourth-order valence-corrected chi connectivity index (χ4v) is 3.41. The van der Waals surface area contributed by atoms with E-state index in [-0.39, 0.29) is 17.7 Å². The molecule has 2 aromatic rings.